The molecule has 0 amide bonds. The third-order valence-corrected chi connectivity index (χ3v) is 5.25. The van der Waals surface area contributed by atoms with Crippen LogP contribution in [0.2, 0.25) is 0 Å². The molecule has 4 heterocycles. The van der Waals surface area contributed by atoms with Gasteiger partial charge >= 0.3 is 0 Å². The standard InChI is InChI=1S/C18H15N5S2/c1-12-10-25-17(22-12)16-15(13-5-7-24-11-13)9-21-18(23-16)20-8-14-4-2-3-6-19-14/h2-7,9-11H,8H2,1H3,(H,20,21,23). The van der Waals surface area contributed by atoms with E-state index in [0.29, 0.717) is 12.5 Å². The van der Waals surface area contributed by atoms with Crippen LogP contribution < -0.4 is 5.32 Å². The van der Waals surface area contributed by atoms with Gasteiger partial charge in [-0.3, -0.25) is 4.98 Å². The van der Waals surface area contributed by atoms with Crippen molar-refractivity contribution in [2.75, 3.05) is 5.32 Å². The van der Waals surface area contributed by atoms with Crippen molar-refractivity contribution in [3.05, 3.63) is 64.2 Å². The molecule has 0 unspecified atom stereocenters. The van der Waals surface area contributed by atoms with E-state index in [2.05, 4.69) is 37.1 Å². The Labute approximate surface area is 153 Å². The predicted octanol–water partition coefficient (Wildman–Crippen LogP) is 4.64. The van der Waals surface area contributed by atoms with E-state index in [9.17, 15) is 0 Å². The van der Waals surface area contributed by atoms with Gasteiger partial charge in [-0.2, -0.15) is 11.3 Å². The molecule has 7 heteroatoms. The highest BCUT2D eigenvalue weighted by Crippen LogP contribution is 2.33. The Morgan fingerprint density at radius 3 is 2.76 bits per heavy atom. The molecular formula is C18H15N5S2. The minimum atomic E-state index is 0.576. The maximum Gasteiger partial charge on any atom is 0.223 e. The van der Waals surface area contributed by atoms with E-state index in [1.807, 2.05) is 36.7 Å². The molecule has 0 saturated heterocycles. The second-order valence-corrected chi connectivity index (χ2v) is 7.07. The summed E-state index contributed by atoms with van der Waals surface area (Å²) in [5.41, 5.74) is 4.91. The molecule has 0 aliphatic carbocycles. The predicted molar refractivity (Wildman–Crippen MR) is 103 cm³/mol. The monoisotopic (exact) mass is 365 g/mol. The third kappa shape index (κ3) is 3.57. The number of aryl methyl sites for hydroxylation is 1. The van der Waals surface area contributed by atoms with Gasteiger partial charge in [0, 0.05) is 29.0 Å². The molecule has 0 bridgehead atoms. The van der Waals surface area contributed by atoms with E-state index in [-0.39, 0.29) is 0 Å². The minimum Gasteiger partial charge on any atom is -0.349 e. The molecule has 0 aliphatic heterocycles. The number of hydrogen-bond donors (Lipinski definition) is 1. The van der Waals surface area contributed by atoms with Crippen molar-refractivity contribution in [3.63, 3.8) is 0 Å². The first kappa shape index (κ1) is 15.9. The first-order chi connectivity index (χ1) is 12.3. The molecule has 124 valence electrons. The van der Waals surface area contributed by atoms with Crippen molar-refractivity contribution in [1.29, 1.82) is 0 Å². The normalized spacial score (nSPS) is 10.8. The van der Waals surface area contributed by atoms with Gasteiger partial charge in [-0.1, -0.05) is 6.07 Å². The number of nitrogens with zero attached hydrogens (tertiary/aromatic N) is 4. The van der Waals surface area contributed by atoms with Gasteiger partial charge in [-0.05, 0) is 41.4 Å². The van der Waals surface area contributed by atoms with Crippen molar-refractivity contribution in [2.45, 2.75) is 13.5 Å². The highest BCUT2D eigenvalue weighted by molar-refractivity contribution is 7.13. The van der Waals surface area contributed by atoms with Crippen LogP contribution in [0.5, 0.6) is 0 Å². The molecule has 0 aliphatic rings. The fourth-order valence-corrected chi connectivity index (χ4v) is 3.85. The van der Waals surface area contributed by atoms with Crippen LogP contribution >= 0.6 is 22.7 Å². The molecule has 0 radical (unpaired) electrons. The molecule has 5 nitrogen and oxygen atoms in total. The Hall–Kier alpha value is -2.64. The zero-order chi connectivity index (χ0) is 17.1. The second-order valence-electron chi connectivity index (χ2n) is 5.44. The molecule has 0 saturated carbocycles. The Morgan fingerprint density at radius 1 is 1.08 bits per heavy atom. The third-order valence-electron chi connectivity index (χ3n) is 3.60. The SMILES string of the molecule is Cc1csc(-c2nc(NCc3ccccn3)ncc2-c2ccsc2)n1. The van der Waals surface area contributed by atoms with E-state index >= 15 is 0 Å². The van der Waals surface area contributed by atoms with Crippen molar-refractivity contribution < 1.29 is 0 Å². The quantitative estimate of drug-likeness (QED) is 0.558. The van der Waals surface area contributed by atoms with E-state index in [1.54, 1.807) is 28.9 Å². The summed E-state index contributed by atoms with van der Waals surface area (Å²) in [5.74, 6) is 0.576. The molecule has 4 aromatic rings. The van der Waals surface area contributed by atoms with Gasteiger partial charge in [0.2, 0.25) is 5.95 Å². The number of rotatable bonds is 5. The van der Waals surface area contributed by atoms with E-state index in [1.165, 1.54) is 0 Å². The van der Waals surface area contributed by atoms with Crippen LogP contribution in [0.4, 0.5) is 5.95 Å². The Kier molecular flexibility index (Phi) is 4.49. The number of hydrogen-bond acceptors (Lipinski definition) is 7. The lowest BCUT2D eigenvalue weighted by molar-refractivity contribution is 1.00. The zero-order valence-corrected chi connectivity index (χ0v) is 15.1. The average molecular weight is 365 g/mol. The molecule has 0 fully saturated rings. The van der Waals surface area contributed by atoms with Gasteiger partial charge in [-0.25, -0.2) is 15.0 Å². The molecule has 4 rings (SSSR count). The fraction of sp³-hybridized carbons (Fsp3) is 0.111. The van der Waals surface area contributed by atoms with Gasteiger partial charge in [0.1, 0.15) is 10.7 Å². The highest BCUT2D eigenvalue weighted by Gasteiger charge is 2.15. The number of thiazole rings is 1. The van der Waals surface area contributed by atoms with E-state index < -0.39 is 0 Å². The maximum atomic E-state index is 4.73. The number of aromatic nitrogens is 4. The van der Waals surface area contributed by atoms with Crippen molar-refractivity contribution in [1.82, 2.24) is 19.9 Å². The summed E-state index contributed by atoms with van der Waals surface area (Å²) >= 11 is 3.26. The average Bonchev–Trinajstić information content (AvgIpc) is 3.32. The Balaban J connectivity index is 1.68. The zero-order valence-electron chi connectivity index (χ0n) is 13.5. The molecule has 25 heavy (non-hydrogen) atoms. The Morgan fingerprint density at radius 2 is 2.04 bits per heavy atom. The van der Waals surface area contributed by atoms with Gasteiger partial charge in [-0.15, -0.1) is 11.3 Å². The summed E-state index contributed by atoms with van der Waals surface area (Å²) in [6.07, 6.45) is 3.64. The van der Waals surface area contributed by atoms with Gasteiger partial charge < -0.3 is 5.32 Å². The maximum absolute atomic E-state index is 4.73. The summed E-state index contributed by atoms with van der Waals surface area (Å²) < 4.78 is 0. The van der Waals surface area contributed by atoms with Crippen LogP contribution in [0.3, 0.4) is 0 Å². The van der Waals surface area contributed by atoms with Gasteiger partial charge in [0.15, 0.2) is 0 Å². The van der Waals surface area contributed by atoms with Gasteiger partial charge in [0.05, 0.1) is 12.2 Å². The summed E-state index contributed by atoms with van der Waals surface area (Å²) in [7, 11) is 0. The van der Waals surface area contributed by atoms with Crippen LogP contribution in [0.15, 0.2) is 52.8 Å². The number of anilines is 1. The van der Waals surface area contributed by atoms with E-state index in [4.69, 9.17) is 4.98 Å². The molecule has 1 N–H and O–H groups in total. The Bertz CT molecular complexity index is 964. The van der Waals surface area contributed by atoms with Crippen LogP contribution in [-0.2, 0) is 6.54 Å². The van der Waals surface area contributed by atoms with Crippen molar-refractivity contribution in [2.24, 2.45) is 0 Å². The number of thiophene rings is 1. The second kappa shape index (κ2) is 7.08. The van der Waals surface area contributed by atoms with Crippen LogP contribution in [0, 0.1) is 6.92 Å². The number of pyridine rings is 1. The first-order valence-electron chi connectivity index (χ1n) is 7.75. The summed E-state index contributed by atoms with van der Waals surface area (Å²) in [4.78, 5) is 18.1. The fourth-order valence-electron chi connectivity index (χ4n) is 2.39. The smallest absolute Gasteiger partial charge is 0.223 e. The van der Waals surface area contributed by atoms with E-state index in [0.717, 1.165) is 33.2 Å². The molecular weight excluding hydrogens is 350 g/mol. The highest BCUT2D eigenvalue weighted by atomic mass is 32.1. The number of nitrogens with one attached hydrogen (secondary N) is 1. The van der Waals surface area contributed by atoms with Gasteiger partial charge in [0.25, 0.3) is 0 Å². The lowest BCUT2D eigenvalue weighted by Crippen LogP contribution is -2.06. The summed E-state index contributed by atoms with van der Waals surface area (Å²) in [6, 6.07) is 7.92. The largest absolute Gasteiger partial charge is 0.349 e. The topological polar surface area (TPSA) is 63.6 Å². The molecule has 0 atom stereocenters. The van der Waals surface area contributed by atoms with Crippen molar-refractivity contribution >= 4 is 28.6 Å². The van der Waals surface area contributed by atoms with Crippen LogP contribution in [0.25, 0.3) is 21.8 Å². The minimum absolute atomic E-state index is 0.576. The lowest BCUT2D eigenvalue weighted by atomic mass is 10.1. The van der Waals surface area contributed by atoms with Crippen LogP contribution in [-0.4, -0.2) is 19.9 Å². The lowest BCUT2D eigenvalue weighted by Gasteiger charge is -2.09. The molecule has 4 aromatic heterocycles. The van der Waals surface area contributed by atoms with Crippen LogP contribution in [0.1, 0.15) is 11.4 Å². The van der Waals surface area contributed by atoms with Crippen molar-refractivity contribution in [3.8, 4) is 21.8 Å². The molecule has 0 aromatic carbocycles. The first-order valence-corrected chi connectivity index (χ1v) is 9.58. The summed E-state index contributed by atoms with van der Waals surface area (Å²) in [5, 5.41) is 10.3. The summed E-state index contributed by atoms with van der Waals surface area (Å²) in [6.45, 7) is 2.57. The molecule has 0 spiro atoms.